The minimum Gasteiger partial charge on any atom is -0.482 e. The van der Waals surface area contributed by atoms with Crippen LogP contribution in [0, 0.1) is 0 Å². The standard InChI is InChI=1S/C19H22N2O3/c1-14-18(24-17-11-7-6-10-16(17)23-14)19(22)20-12-13-21(2)15-8-4-3-5-9-15/h3-11,14,18H,12-13H2,1-2H3,(H,20,22)/t14-,18-/m1/s1. The van der Waals surface area contributed by atoms with Gasteiger partial charge in [-0.25, -0.2) is 0 Å². The van der Waals surface area contributed by atoms with Gasteiger partial charge in [-0.15, -0.1) is 0 Å². The zero-order valence-corrected chi connectivity index (χ0v) is 13.9. The van der Waals surface area contributed by atoms with Gasteiger partial charge in [0.1, 0.15) is 6.10 Å². The van der Waals surface area contributed by atoms with Gasteiger partial charge < -0.3 is 19.7 Å². The van der Waals surface area contributed by atoms with Crippen molar-refractivity contribution in [2.45, 2.75) is 19.1 Å². The molecule has 0 fully saturated rings. The molecule has 0 aromatic heterocycles. The second-order valence-electron chi connectivity index (χ2n) is 5.86. The average Bonchev–Trinajstić information content (AvgIpc) is 2.61. The summed E-state index contributed by atoms with van der Waals surface area (Å²) in [6.45, 7) is 3.10. The van der Waals surface area contributed by atoms with Gasteiger partial charge in [-0.3, -0.25) is 4.79 Å². The first-order valence-corrected chi connectivity index (χ1v) is 8.11. The summed E-state index contributed by atoms with van der Waals surface area (Å²) in [6, 6.07) is 17.5. The normalized spacial score (nSPS) is 18.8. The van der Waals surface area contributed by atoms with Gasteiger partial charge in [-0.05, 0) is 31.2 Å². The van der Waals surface area contributed by atoms with Gasteiger partial charge in [0, 0.05) is 25.8 Å². The number of likely N-dealkylation sites (N-methyl/N-ethyl adjacent to an activating group) is 1. The molecule has 1 heterocycles. The molecule has 0 saturated heterocycles. The minimum atomic E-state index is -0.637. The second kappa shape index (κ2) is 7.25. The molecule has 1 amide bonds. The number of nitrogens with one attached hydrogen (secondary N) is 1. The number of hydrogen-bond donors (Lipinski definition) is 1. The summed E-state index contributed by atoms with van der Waals surface area (Å²) in [5, 5.41) is 2.93. The summed E-state index contributed by atoms with van der Waals surface area (Å²) >= 11 is 0. The topological polar surface area (TPSA) is 50.8 Å². The fourth-order valence-electron chi connectivity index (χ4n) is 2.67. The summed E-state index contributed by atoms with van der Waals surface area (Å²) in [4.78, 5) is 14.5. The molecule has 24 heavy (non-hydrogen) atoms. The molecular weight excluding hydrogens is 304 g/mol. The Labute approximate surface area is 142 Å². The van der Waals surface area contributed by atoms with Crippen LogP contribution in [-0.4, -0.2) is 38.3 Å². The lowest BCUT2D eigenvalue weighted by Crippen LogP contribution is -2.50. The van der Waals surface area contributed by atoms with Crippen LogP contribution in [0.2, 0.25) is 0 Å². The van der Waals surface area contributed by atoms with Gasteiger partial charge in [0.25, 0.3) is 5.91 Å². The van der Waals surface area contributed by atoms with E-state index in [9.17, 15) is 4.79 Å². The van der Waals surface area contributed by atoms with Crippen molar-refractivity contribution in [2.24, 2.45) is 0 Å². The van der Waals surface area contributed by atoms with Gasteiger partial charge >= 0.3 is 0 Å². The number of fused-ring (bicyclic) bond motifs is 1. The minimum absolute atomic E-state index is 0.154. The van der Waals surface area contributed by atoms with E-state index in [1.54, 1.807) is 0 Å². The van der Waals surface area contributed by atoms with Crippen molar-refractivity contribution in [3.63, 3.8) is 0 Å². The number of hydrogen-bond acceptors (Lipinski definition) is 4. The highest BCUT2D eigenvalue weighted by molar-refractivity contribution is 5.82. The van der Waals surface area contributed by atoms with Crippen molar-refractivity contribution in [3.8, 4) is 11.5 Å². The molecule has 0 bridgehead atoms. The van der Waals surface area contributed by atoms with E-state index in [1.807, 2.05) is 68.6 Å². The average molecular weight is 326 g/mol. The maximum absolute atomic E-state index is 12.4. The molecule has 5 heteroatoms. The number of carbonyl (C=O) groups excluding carboxylic acids is 1. The van der Waals surface area contributed by atoms with Crippen molar-refractivity contribution in [3.05, 3.63) is 54.6 Å². The molecule has 2 aromatic carbocycles. The first-order valence-electron chi connectivity index (χ1n) is 8.11. The Balaban J connectivity index is 1.52. The number of benzene rings is 2. The van der Waals surface area contributed by atoms with Crippen LogP contribution in [0.1, 0.15) is 6.92 Å². The van der Waals surface area contributed by atoms with Gasteiger partial charge in [0.05, 0.1) is 0 Å². The van der Waals surface area contributed by atoms with E-state index in [0.717, 1.165) is 5.69 Å². The van der Waals surface area contributed by atoms with Crippen molar-refractivity contribution in [2.75, 3.05) is 25.0 Å². The Bertz CT molecular complexity index is 690. The van der Waals surface area contributed by atoms with Gasteiger partial charge in [-0.2, -0.15) is 0 Å². The molecule has 2 aromatic rings. The molecule has 3 rings (SSSR count). The molecule has 0 radical (unpaired) electrons. The Hall–Kier alpha value is -2.69. The van der Waals surface area contributed by atoms with Crippen molar-refractivity contribution in [1.82, 2.24) is 5.32 Å². The van der Waals surface area contributed by atoms with E-state index in [0.29, 0.717) is 24.6 Å². The molecule has 1 aliphatic heterocycles. The third-order valence-electron chi connectivity index (χ3n) is 4.04. The third-order valence-corrected chi connectivity index (χ3v) is 4.04. The maximum atomic E-state index is 12.4. The highest BCUT2D eigenvalue weighted by Crippen LogP contribution is 2.33. The molecule has 0 spiro atoms. The molecule has 0 aliphatic carbocycles. The number of anilines is 1. The summed E-state index contributed by atoms with van der Waals surface area (Å²) in [5.41, 5.74) is 1.12. The van der Waals surface area contributed by atoms with E-state index in [1.165, 1.54) is 0 Å². The smallest absolute Gasteiger partial charge is 0.265 e. The summed E-state index contributed by atoms with van der Waals surface area (Å²) in [6.07, 6.45) is -0.964. The van der Waals surface area contributed by atoms with E-state index in [-0.39, 0.29) is 12.0 Å². The Morgan fingerprint density at radius 3 is 2.38 bits per heavy atom. The molecule has 5 nitrogen and oxygen atoms in total. The van der Waals surface area contributed by atoms with Crippen LogP contribution in [0.4, 0.5) is 5.69 Å². The highest BCUT2D eigenvalue weighted by atomic mass is 16.6. The zero-order chi connectivity index (χ0) is 16.9. The largest absolute Gasteiger partial charge is 0.482 e. The van der Waals surface area contributed by atoms with Crippen LogP contribution >= 0.6 is 0 Å². The number of carbonyl (C=O) groups is 1. The molecule has 1 N–H and O–H groups in total. The molecule has 0 saturated carbocycles. The predicted molar refractivity (Wildman–Crippen MR) is 93.7 cm³/mol. The van der Waals surface area contributed by atoms with E-state index >= 15 is 0 Å². The van der Waals surface area contributed by atoms with Crippen LogP contribution in [-0.2, 0) is 4.79 Å². The number of para-hydroxylation sites is 3. The number of ether oxygens (including phenoxy) is 2. The monoisotopic (exact) mass is 326 g/mol. The molecular formula is C19H22N2O3. The van der Waals surface area contributed by atoms with Gasteiger partial charge in [0.2, 0.25) is 6.10 Å². The van der Waals surface area contributed by atoms with E-state index in [2.05, 4.69) is 10.2 Å². The summed E-state index contributed by atoms with van der Waals surface area (Å²) in [5.74, 6) is 1.13. The zero-order valence-electron chi connectivity index (χ0n) is 13.9. The lowest BCUT2D eigenvalue weighted by atomic mass is 10.1. The second-order valence-corrected chi connectivity index (χ2v) is 5.86. The highest BCUT2D eigenvalue weighted by Gasteiger charge is 2.33. The third kappa shape index (κ3) is 3.62. The fourth-order valence-corrected chi connectivity index (χ4v) is 2.67. The molecule has 126 valence electrons. The Morgan fingerprint density at radius 1 is 1.04 bits per heavy atom. The van der Waals surface area contributed by atoms with E-state index < -0.39 is 6.10 Å². The number of nitrogens with zero attached hydrogens (tertiary/aromatic N) is 1. The van der Waals surface area contributed by atoms with E-state index in [4.69, 9.17) is 9.47 Å². The van der Waals surface area contributed by atoms with Crippen LogP contribution in [0.3, 0.4) is 0 Å². The Morgan fingerprint density at radius 2 is 1.67 bits per heavy atom. The first-order chi connectivity index (χ1) is 11.6. The lowest BCUT2D eigenvalue weighted by molar-refractivity contribution is -0.133. The van der Waals surface area contributed by atoms with Crippen molar-refractivity contribution < 1.29 is 14.3 Å². The molecule has 2 atom stereocenters. The summed E-state index contributed by atoms with van der Waals surface area (Å²) < 4.78 is 11.6. The van der Waals surface area contributed by atoms with Crippen LogP contribution < -0.4 is 19.7 Å². The van der Waals surface area contributed by atoms with Gasteiger partial charge in [-0.1, -0.05) is 30.3 Å². The molecule has 0 unspecified atom stereocenters. The lowest BCUT2D eigenvalue weighted by Gasteiger charge is -2.31. The first kappa shape index (κ1) is 16.2. The predicted octanol–water partition coefficient (Wildman–Crippen LogP) is 2.47. The Kier molecular flexibility index (Phi) is 4.89. The van der Waals surface area contributed by atoms with Crippen molar-refractivity contribution >= 4 is 11.6 Å². The van der Waals surface area contributed by atoms with Crippen LogP contribution in [0.5, 0.6) is 11.5 Å². The van der Waals surface area contributed by atoms with Crippen LogP contribution in [0.25, 0.3) is 0 Å². The van der Waals surface area contributed by atoms with Crippen molar-refractivity contribution in [1.29, 1.82) is 0 Å². The van der Waals surface area contributed by atoms with Gasteiger partial charge in [0.15, 0.2) is 11.5 Å². The number of amides is 1. The van der Waals surface area contributed by atoms with Crippen LogP contribution in [0.15, 0.2) is 54.6 Å². The summed E-state index contributed by atoms with van der Waals surface area (Å²) in [7, 11) is 2.00. The maximum Gasteiger partial charge on any atom is 0.265 e. The molecule has 1 aliphatic rings. The SMILES string of the molecule is C[C@H]1Oc2ccccc2O[C@H]1C(=O)NCCN(C)c1ccccc1. The fraction of sp³-hybridized carbons (Fsp3) is 0.316. The number of rotatable bonds is 5. The quantitative estimate of drug-likeness (QED) is 0.917.